The number of aliphatic hydroxyl groups is 1. The first kappa shape index (κ1) is 16.5. The van der Waals surface area contributed by atoms with E-state index in [1.54, 1.807) is 4.90 Å². The molecule has 1 unspecified atom stereocenters. The molecule has 3 N–H and O–H groups in total. The van der Waals surface area contributed by atoms with E-state index in [9.17, 15) is 14.7 Å². The Bertz CT molecular complexity index is 555. The van der Waals surface area contributed by atoms with Gasteiger partial charge in [-0.15, -0.1) is 0 Å². The van der Waals surface area contributed by atoms with Gasteiger partial charge in [-0.3, -0.25) is 14.7 Å². The van der Waals surface area contributed by atoms with Gasteiger partial charge in [0.2, 0.25) is 5.91 Å². The summed E-state index contributed by atoms with van der Waals surface area (Å²) in [5.41, 5.74) is 0.181. The monoisotopic (exact) mass is 308 g/mol. The second-order valence-electron chi connectivity index (χ2n) is 6.26. The van der Waals surface area contributed by atoms with Crippen molar-refractivity contribution in [1.29, 1.82) is 0 Å². The standard InChI is InChI=1S/C15H24N4O3/c1-10(2)13-11(8-17-18-13)14(21)19-6-4-5-15(22,9-19)7-12(20)16-3/h8,10,22H,4-7,9H2,1-3H3,(H,16,20)(H,17,18). The van der Waals surface area contributed by atoms with Crippen LogP contribution in [0, 0.1) is 0 Å². The van der Waals surface area contributed by atoms with Gasteiger partial charge in [-0.05, 0) is 18.8 Å². The number of amides is 2. The van der Waals surface area contributed by atoms with Crippen molar-refractivity contribution in [3.8, 4) is 0 Å². The molecule has 1 atom stereocenters. The normalized spacial score (nSPS) is 22.0. The molecule has 7 nitrogen and oxygen atoms in total. The third-order valence-electron chi connectivity index (χ3n) is 4.09. The van der Waals surface area contributed by atoms with Crippen LogP contribution in [0.25, 0.3) is 0 Å². The molecule has 1 aliphatic rings. The highest BCUT2D eigenvalue weighted by Crippen LogP contribution is 2.27. The van der Waals surface area contributed by atoms with Crippen LogP contribution in [0.15, 0.2) is 6.20 Å². The van der Waals surface area contributed by atoms with E-state index < -0.39 is 5.60 Å². The van der Waals surface area contributed by atoms with Crippen molar-refractivity contribution in [2.24, 2.45) is 0 Å². The van der Waals surface area contributed by atoms with Crippen molar-refractivity contribution in [3.05, 3.63) is 17.5 Å². The third-order valence-corrected chi connectivity index (χ3v) is 4.09. The minimum absolute atomic E-state index is 0.00963. The molecule has 0 spiro atoms. The summed E-state index contributed by atoms with van der Waals surface area (Å²) in [4.78, 5) is 25.8. The Hall–Kier alpha value is -1.89. The Morgan fingerprint density at radius 1 is 1.55 bits per heavy atom. The number of rotatable bonds is 4. The summed E-state index contributed by atoms with van der Waals surface area (Å²) in [6.45, 7) is 4.73. The van der Waals surface area contributed by atoms with Gasteiger partial charge in [0.25, 0.3) is 5.91 Å². The molecule has 2 heterocycles. The smallest absolute Gasteiger partial charge is 0.257 e. The lowest BCUT2D eigenvalue weighted by atomic mass is 9.89. The van der Waals surface area contributed by atoms with Crippen LogP contribution in [-0.2, 0) is 4.79 Å². The van der Waals surface area contributed by atoms with Gasteiger partial charge < -0.3 is 15.3 Å². The number of nitrogens with zero attached hydrogens (tertiary/aromatic N) is 2. The van der Waals surface area contributed by atoms with E-state index in [1.165, 1.54) is 13.2 Å². The van der Waals surface area contributed by atoms with Gasteiger partial charge in [0.05, 0.1) is 36.0 Å². The molecule has 0 saturated carbocycles. The quantitative estimate of drug-likeness (QED) is 0.760. The zero-order valence-corrected chi connectivity index (χ0v) is 13.3. The number of nitrogens with one attached hydrogen (secondary N) is 2. The first-order valence-corrected chi connectivity index (χ1v) is 7.62. The number of hydrogen-bond donors (Lipinski definition) is 3. The Labute approximate surface area is 130 Å². The van der Waals surface area contributed by atoms with Gasteiger partial charge in [0, 0.05) is 13.6 Å². The molecule has 0 bridgehead atoms. The fraction of sp³-hybridized carbons (Fsp3) is 0.667. The average molecular weight is 308 g/mol. The fourth-order valence-electron chi connectivity index (χ4n) is 2.89. The molecule has 122 valence electrons. The predicted octanol–water partition coefficient (Wildman–Crippen LogP) is 0.636. The summed E-state index contributed by atoms with van der Waals surface area (Å²) >= 11 is 0. The lowest BCUT2D eigenvalue weighted by Crippen LogP contribution is -2.52. The van der Waals surface area contributed by atoms with Crippen LogP contribution in [0.3, 0.4) is 0 Å². The molecule has 1 aliphatic heterocycles. The molecule has 0 aliphatic carbocycles. The topological polar surface area (TPSA) is 98.3 Å². The summed E-state index contributed by atoms with van der Waals surface area (Å²) < 4.78 is 0. The van der Waals surface area contributed by atoms with Gasteiger partial charge in [-0.1, -0.05) is 13.8 Å². The minimum atomic E-state index is -1.16. The molecule has 1 aromatic rings. The van der Waals surface area contributed by atoms with E-state index in [-0.39, 0.29) is 30.7 Å². The van der Waals surface area contributed by atoms with Crippen LogP contribution in [0.2, 0.25) is 0 Å². The summed E-state index contributed by atoms with van der Waals surface area (Å²) in [6, 6.07) is 0. The van der Waals surface area contributed by atoms with Gasteiger partial charge in [-0.2, -0.15) is 5.10 Å². The van der Waals surface area contributed by atoms with Crippen LogP contribution in [-0.4, -0.2) is 57.8 Å². The third kappa shape index (κ3) is 3.47. The molecule has 2 rings (SSSR count). The molecule has 2 amide bonds. The van der Waals surface area contributed by atoms with E-state index in [4.69, 9.17) is 0 Å². The van der Waals surface area contributed by atoms with Crippen molar-refractivity contribution in [3.63, 3.8) is 0 Å². The number of carbonyl (C=O) groups excluding carboxylic acids is 2. The second kappa shape index (κ2) is 6.48. The van der Waals surface area contributed by atoms with Gasteiger partial charge in [-0.25, -0.2) is 0 Å². The number of piperidine rings is 1. The Kier molecular flexibility index (Phi) is 4.85. The number of aromatic amines is 1. The molecular formula is C15H24N4O3. The number of carbonyl (C=O) groups is 2. The summed E-state index contributed by atoms with van der Waals surface area (Å²) in [5, 5.41) is 19.9. The van der Waals surface area contributed by atoms with Crippen molar-refractivity contribution in [2.75, 3.05) is 20.1 Å². The van der Waals surface area contributed by atoms with Crippen LogP contribution >= 0.6 is 0 Å². The summed E-state index contributed by atoms with van der Waals surface area (Å²) in [6.07, 6.45) is 2.74. The van der Waals surface area contributed by atoms with Crippen molar-refractivity contribution in [1.82, 2.24) is 20.4 Å². The Morgan fingerprint density at radius 3 is 2.91 bits per heavy atom. The highest BCUT2D eigenvalue weighted by molar-refractivity contribution is 5.95. The first-order chi connectivity index (χ1) is 10.4. The number of aromatic nitrogens is 2. The summed E-state index contributed by atoms with van der Waals surface area (Å²) in [7, 11) is 1.54. The highest BCUT2D eigenvalue weighted by atomic mass is 16.3. The van der Waals surface area contributed by atoms with Crippen LogP contribution in [0.5, 0.6) is 0 Å². The molecule has 1 aromatic heterocycles. The zero-order chi connectivity index (χ0) is 16.3. The molecular weight excluding hydrogens is 284 g/mol. The molecule has 0 aromatic carbocycles. The minimum Gasteiger partial charge on any atom is -0.388 e. The van der Waals surface area contributed by atoms with E-state index in [1.807, 2.05) is 13.8 Å². The molecule has 1 fully saturated rings. The highest BCUT2D eigenvalue weighted by Gasteiger charge is 2.37. The van der Waals surface area contributed by atoms with Crippen molar-refractivity contribution < 1.29 is 14.7 Å². The van der Waals surface area contributed by atoms with Crippen molar-refractivity contribution >= 4 is 11.8 Å². The second-order valence-corrected chi connectivity index (χ2v) is 6.26. The van der Waals surface area contributed by atoms with Gasteiger partial charge in [0.15, 0.2) is 0 Å². The van der Waals surface area contributed by atoms with E-state index in [0.29, 0.717) is 24.9 Å². The molecule has 0 radical (unpaired) electrons. The van der Waals surface area contributed by atoms with E-state index in [2.05, 4.69) is 15.5 Å². The number of β-amino-alcohol motifs (C(OH)–C–C–N with tert-alkyl or cyclic N) is 1. The average Bonchev–Trinajstić information content (AvgIpc) is 2.95. The first-order valence-electron chi connectivity index (χ1n) is 7.62. The number of H-pyrrole nitrogens is 1. The lowest BCUT2D eigenvalue weighted by Gasteiger charge is -2.38. The maximum atomic E-state index is 12.7. The largest absolute Gasteiger partial charge is 0.388 e. The maximum Gasteiger partial charge on any atom is 0.257 e. The lowest BCUT2D eigenvalue weighted by molar-refractivity contribution is -0.127. The molecule has 22 heavy (non-hydrogen) atoms. The van der Waals surface area contributed by atoms with Crippen LogP contribution in [0.4, 0.5) is 0 Å². The fourth-order valence-corrected chi connectivity index (χ4v) is 2.89. The SMILES string of the molecule is CNC(=O)CC1(O)CCCN(C(=O)c2cn[nH]c2C(C)C)C1. The van der Waals surface area contributed by atoms with Crippen LogP contribution < -0.4 is 5.32 Å². The summed E-state index contributed by atoms with van der Waals surface area (Å²) in [5.74, 6) is -0.202. The van der Waals surface area contributed by atoms with Crippen molar-refractivity contribution in [2.45, 2.75) is 44.6 Å². The van der Waals surface area contributed by atoms with E-state index >= 15 is 0 Å². The predicted molar refractivity (Wildman–Crippen MR) is 81.4 cm³/mol. The van der Waals surface area contributed by atoms with Gasteiger partial charge in [0.1, 0.15) is 0 Å². The van der Waals surface area contributed by atoms with E-state index in [0.717, 1.165) is 5.69 Å². The zero-order valence-electron chi connectivity index (χ0n) is 13.3. The number of likely N-dealkylation sites (tertiary alicyclic amines) is 1. The Balaban J connectivity index is 2.13. The molecule has 7 heteroatoms. The van der Waals surface area contributed by atoms with Gasteiger partial charge >= 0.3 is 0 Å². The maximum absolute atomic E-state index is 12.7. The molecule has 1 saturated heterocycles. The van der Waals surface area contributed by atoms with Crippen LogP contribution in [0.1, 0.15) is 55.1 Å². The Morgan fingerprint density at radius 2 is 2.27 bits per heavy atom. The number of hydrogen-bond acceptors (Lipinski definition) is 4.